The Balaban J connectivity index is 0.00000208. The predicted octanol–water partition coefficient (Wildman–Crippen LogP) is 4.12. The zero-order valence-electron chi connectivity index (χ0n) is 14.3. The predicted molar refractivity (Wildman–Crippen MR) is 111 cm³/mol. The van der Waals surface area contributed by atoms with Crippen molar-refractivity contribution >= 4 is 35.6 Å². The lowest BCUT2D eigenvalue weighted by Crippen LogP contribution is -2.22. The Kier molecular flexibility index (Phi) is 6.60. The lowest BCUT2D eigenvalue weighted by Gasteiger charge is -2.15. The van der Waals surface area contributed by atoms with Gasteiger partial charge in [-0.15, -0.1) is 24.0 Å². The molecule has 0 saturated carbocycles. The Morgan fingerprint density at radius 2 is 1.92 bits per heavy atom. The zero-order chi connectivity index (χ0) is 16.2. The molecule has 0 aliphatic heterocycles. The van der Waals surface area contributed by atoms with Gasteiger partial charge in [0.15, 0.2) is 5.96 Å². The standard InChI is InChI=1S/C19H24N4.HI/c1-13-7-9-16(11-14(13)2)23-19(20)21-12-17-10-8-15-5-3-4-6-18(15)22-17;/h7-11H,3-6,12H2,1-2H3,(H3,20,21,23);1H. The van der Waals surface area contributed by atoms with Crippen molar-refractivity contribution in [2.24, 2.45) is 10.7 Å². The van der Waals surface area contributed by atoms with Gasteiger partial charge in [0.2, 0.25) is 0 Å². The highest BCUT2D eigenvalue weighted by Gasteiger charge is 2.10. The first-order chi connectivity index (χ1) is 11.1. The molecule has 1 aliphatic carbocycles. The van der Waals surface area contributed by atoms with Gasteiger partial charge < -0.3 is 11.1 Å². The van der Waals surface area contributed by atoms with Crippen LogP contribution in [-0.4, -0.2) is 10.9 Å². The Morgan fingerprint density at radius 1 is 1.12 bits per heavy atom. The first kappa shape index (κ1) is 18.7. The summed E-state index contributed by atoms with van der Waals surface area (Å²) in [5, 5.41) is 3.14. The highest BCUT2D eigenvalue weighted by Crippen LogP contribution is 2.19. The molecule has 0 amide bonds. The highest BCUT2D eigenvalue weighted by atomic mass is 127. The molecule has 0 fully saturated rings. The van der Waals surface area contributed by atoms with E-state index in [1.807, 2.05) is 6.07 Å². The number of nitrogens with two attached hydrogens (primary N) is 1. The van der Waals surface area contributed by atoms with Crippen LogP contribution in [0, 0.1) is 13.8 Å². The maximum atomic E-state index is 5.99. The fourth-order valence-electron chi connectivity index (χ4n) is 2.89. The molecule has 0 saturated heterocycles. The number of nitrogens with one attached hydrogen (secondary N) is 1. The molecule has 1 heterocycles. The number of aromatic nitrogens is 1. The van der Waals surface area contributed by atoms with Crippen LogP contribution in [0.5, 0.6) is 0 Å². The maximum Gasteiger partial charge on any atom is 0.193 e. The lowest BCUT2D eigenvalue weighted by molar-refractivity contribution is 0.663. The second-order valence-electron chi connectivity index (χ2n) is 6.24. The van der Waals surface area contributed by atoms with Gasteiger partial charge in [-0.1, -0.05) is 12.1 Å². The van der Waals surface area contributed by atoms with Gasteiger partial charge in [-0.2, -0.15) is 0 Å². The van der Waals surface area contributed by atoms with E-state index in [1.54, 1.807) is 0 Å². The molecule has 128 valence electrons. The highest BCUT2D eigenvalue weighted by molar-refractivity contribution is 14.0. The third-order valence-electron chi connectivity index (χ3n) is 4.43. The summed E-state index contributed by atoms with van der Waals surface area (Å²) in [5.41, 5.74) is 13.1. The van der Waals surface area contributed by atoms with Crippen LogP contribution in [0.4, 0.5) is 5.69 Å². The fourth-order valence-corrected chi connectivity index (χ4v) is 2.89. The molecule has 2 aromatic rings. The van der Waals surface area contributed by atoms with Crippen molar-refractivity contribution in [3.8, 4) is 0 Å². The smallest absolute Gasteiger partial charge is 0.193 e. The average molecular weight is 436 g/mol. The minimum atomic E-state index is 0. The van der Waals surface area contributed by atoms with Crippen molar-refractivity contribution in [3.05, 3.63) is 58.4 Å². The number of aliphatic imine (C=N–C) groups is 1. The Labute approximate surface area is 161 Å². The molecule has 1 aromatic carbocycles. The van der Waals surface area contributed by atoms with Crippen LogP contribution in [0.25, 0.3) is 0 Å². The number of guanidine groups is 1. The number of fused-ring (bicyclic) bond motifs is 1. The summed E-state index contributed by atoms with van der Waals surface area (Å²) in [6, 6.07) is 10.4. The number of anilines is 1. The molecule has 0 bridgehead atoms. The third kappa shape index (κ3) is 4.69. The van der Waals surface area contributed by atoms with Crippen LogP contribution in [-0.2, 0) is 19.4 Å². The van der Waals surface area contributed by atoms with Crippen LogP contribution in [0.2, 0.25) is 0 Å². The van der Waals surface area contributed by atoms with E-state index < -0.39 is 0 Å². The number of halogens is 1. The van der Waals surface area contributed by atoms with Gasteiger partial charge in [0, 0.05) is 11.4 Å². The SMILES string of the molecule is Cc1ccc(NC(N)=NCc2ccc3c(n2)CCCC3)cc1C.I. The second-order valence-corrected chi connectivity index (χ2v) is 6.24. The number of rotatable bonds is 3. The van der Waals surface area contributed by atoms with E-state index >= 15 is 0 Å². The molecule has 3 rings (SSSR count). The van der Waals surface area contributed by atoms with Gasteiger partial charge in [-0.3, -0.25) is 4.98 Å². The molecular weight excluding hydrogens is 411 g/mol. The number of hydrogen-bond donors (Lipinski definition) is 2. The summed E-state index contributed by atoms with van der Waals surface area (Å²) in [4.78, 5) is 9.14. The van der Waals surface area contributed by atoms with Crippen molar-refractivity contribution in [3.63, 3.8) is 0 Å². The van der Waals surface area contributed by atoms with Crippen LogP contribution in [0.1, 0.15) is 40.9 Å². The van der Waals surface area contributed by atoms with Crippen LogP contribution < -0.4 is 11.1 Å². The molecule has 3 N–H and O–H groups in total. The van der Waals surface area contributed by atoms with Crippen molar-refractivity contribution < 1.29 is 0 Å². The van der Waals surface area contributed by atoms with E-state index in [0.29, 0.717) is 12.5 Å². The first-order valence-electron chi connectivity index (χ1n) is 8.24. The summed E-state index contributed by atoms with van der Waals surface area (Å²) in [5.74, 6) is 0.424. The summed E-state index contributed by atoms with van der Waals surface area (Å²) in [6.07, 6.45) is 4.76. The van der Waals surface area contributed by atoms with Gasteiger partial charge >= 0.3 is 0 Å². The van der Waals surface area contributed by atoms with Crippen LogP contribution in [0.15, 0.2) is 35.3 Å². The molecule has 0 radical (unpaired) electrons. The molecule has 5 heteroatoms. The summed E-state index contributed by atoms with van der Waals surface area (Å²) < 4.78 is 0. The second kappa shape index (κ2) is 8.46. The number of hydrogen-bond acceptors (Lipinski definition) is 2. The first-order valence-corrected chi connectivity index (χ1v) is 8.24. The molecule has 0 unspecified atom stereocenters. The largest absolute Gasteiger partial charge is 0.370 e. The van der Waals surface area contributed by atoms with E-state index in [2.05, 4.69) is 48.4 Å². The van der Waals surface area contributed by atoms with E-state index in [9.17, 15) is 0 Å². The molecule has 0 atom stereocenters. The van der Waals surface area contributed by atoms with Gasteiger partial charge in [0.25, 0.3) is 0 Å². The Morgan fingerprint density at radius 3 is 2.71 bits per heavy atom. The van der Waals surface area contributed by atoms with E-state index in [4.69, 9.17) is 10.7 Å². The van der Waals surface area contributed by atoms with Crippen molar-refractivity contribution in [1.82, 2.24) is 4.98 Å². The van der Waals surface area contributed by atoms with E-state index in [1.165, 1.54) is 35.2 Å². The summed E-state index contributed by atoms with van der Waals surface area (Å²) >= 11 is 0. The minimum Gasteiger partial charge on any atom is -0.370 e. The van der Waals surface area contributed by atoms with Crippen molar-refractivity contribution in [1.29, 1.82) is 0 Å². The topological polar surface area (TPSA) is 63.3 Å². The molecular formula is C19H25IN4. The van der Waals surface area contributed by atoms with Crippen LogP contribution in [0.3, 0.4) is 0 Å². The van der Waals surface area contributed by atoms with Gasteiger partial charge in [0.05, 0.1) is 12.2 Å². The molecule has 4 nitrogen and oxygen atoms in total. The van der Waals surface area contributed by atoms with Gasteiger partial charge in [-0.25, -0.2) is 4.99 Å². The minimum absolute atomic E-state index is 0. The third-order valence-corrected chi connectivity index (χ3v) is 4.43. The molecule has 1 aromatic heterocycles. The quantitative estimate of drug-likeness (QED) is 0.432. The van der Waals surface area contributed by atoms with Crippen LogP contribution >= 0.6 is 24.0 Å². The van der Waals surface area contributed by atoms with E-state index in [-0.39, 0.29) is 24.0 Å². The number of nitrogens with zero attached hydrogens (tertiary/aromatic N) is 2. The number of pyridine rings is 1. The van der Waals surface area contributed by atoms with Crippen molar-refractivity contribution in [2.45, 2.75) is 46.1 Å². The number of aryl methyl sites for hydroxylation is 4. The van der Waals surface area contributed by atoms with E-state index in [0.717, 1.165) is 24.2 Å². The lowest BCUT2D eigenvalue weighted by atomic mass is 9.96. The summed E-state index contributed by atoms with van der Waals surface area (Å²) in [7, 11) is 0. The van der Waals surface area contributed by atoms with Gasteiger partial charge in [-0.05, 0) is 74.4 Å². The number of benzene rings is 1. The maximum absolute atomic E-state index is 5.99. The molecule has 0 spiro atoms. The Bertz CT molecular complexity index is 740. The fraction of sp³-hybridized carbons (Fsp3) is 0.368. The Hall–Kier alpha value is -1.63. The van der Waals surface area contributed by atoms with Crippen molar-refractivity contribution in [2.75, 3.05) is 5.32 Å². The molecule has 24 heavy (non-hydrogen) atoms. The normalized spacial score (nSPS) is 13.8. The van der Waals surface area contributed by atoms with Gasteiger partial charge in [0.1, 0.15) is 0 Å². The molecule has 1 aliphatic rings. The summed E-state index contributed by atoms with van der Waals surface area (Å²) in [6.45, 7) is 4.69. The average Bonchev–Trinajstić information content (AvgIpc) is 2.56. The monoisotopic (exact) mass is 436 g/mol. The zero-order valence-corrected chi connectivity index (χ0v) is 16.6.